The third kappa shape index (κ3) is 20.2. The van der Waals surface area contributed by atoms with Gasteiger partial charge in [-0.25, -0.2) is 0 Å². The Balaban J connectivity index is 3.95. The van der Waals surface area contributed by atoms with E-state index in [0.29, 0.717) is 0 Å². The van der Waals surface area contributed by atoms with Crippen LogP contribution < -0.4 is 5.32 Å². The molecule has 0 fully saturated rings. The first-order chi connectivity index (χ1) is 15.0. The summed E-state index contributed by atoms with van der Waals surface area (Å²) in [5.74, 6) is 0. The Morgan fingerprint density at radius 3 is 0.968 bits per heavy atom. The Labute approximate surface area is 196 Å². The average Bonchev–Trinajstić information content (AvgIpc) is 2.74. The molecule has 0 saturated heterocycles. The van der Waals surface area contributed by atoms with Gasteiger partial charge in [0.25, 0.3) is 0 Å². The van der Waals surface area contributed by atoms with Gasteiger partial charge in [0.1, 0.15) is 0 Å². The highest BCUT2D eigenvalue weighted by Gasteiger charge is 2.22. The fraction of sp³-hybridized carbons (Fsp3) is 1.00. The summed E-state index contributed by atoms with van der Waals surface area (Å²) in [5, 5.41) is 24.1. The van der Waals surface area contributed by atoms with Gasteiger partial charge in [-0.2, -0.15) is 0 Å². The maximum absolute atomic E-state index is 10.3. The number of unbranched alkanes of at least 4 members (excludes halogenated alkanes) is 16. The molecule has 0 spiro atoms. The quantitative estimate of drug-likeness (QED) is 0.133. The van der Waals surface area contributed by atoms with Crippen molar-refractivity contribution in [3.8, 4) is 0 Å². The molecule has 0 aliphatic rings. The lowest BCUT2D eigenvalue weighted by Crippen LogP contribution is -2.48. The molecule has 0 saturated carbocycles. The molecule has 0 heterocycles. The Bertz CT molecular complexity index is 314. The minimum Gasteiger partial charge on any atom is -0.392 e. The molecule has 0 rings (SSSR count). The monoisotopic (exact) mass is 441 g/mol. The molecule has 4 unspecified atom stereocenters. The second-order valence-electron chi connectivity index (χ2n) is 10.1. The molecule has 0 radical (unpaired) electrons. The van der Waals surface area contributed by atoms with Crippen molar-refractivity contribution in [2.24, 2.45) is 0 Å². The zero-order valence-corrected chi connectivity index (χ0v) is 21.8. The van der Waals surface area contributed by atoms with Crippen LogP contribution in [0.2, 0.25) is 0 Å². The summed E-state index contributed by atoms with van der Waals surface area (Å²) < 4.78 is 0. The van der Waals surface area contributed by atoms with Crippen LogP contribution in [0.25, 0.3) is 0 Å². The van der Waals surface area contributed by atoms with Crippen LogP contribution >= 0.6 is 0 Å². The van der Waals surface area contributed by atoms with Crippen LogP contribution in [0.15, 0.2) is 0 Å². The Morgan fingerprint density at radius 2 is 0.710 bits per heavy atom. The van der Waals surface area contributed by atoms with Gasteiger partial charge in [-0.15, -0.1) is 0 Å². The van der Waals surface area contributed by atoms with E-state index in [1.807, 2.05) is 13.8 Å². The van der Waals surface area contributed by atoms with E-state index in [-0.39, 0.29) is 24.3 Å². The van der Waals surface area contributed by atoms with Gasteiger partial charge in [0.05, 0.1) is 12.2 Å². The van der Waals surface area contributed by atoms with Crippen LogP contribution in [-0.4, -0.2) is 34.5 Å². The molecule has 4 atom stereocenters. The third-order valence-corrected chi connectivity index (χ3v) is 6.83. The van der Waals surface area contributed by atoms with Crippen molar-refractivity contribution >= 4 is 0 Å². The summed E-state index contributed by atoms with van der Waals surface area (Å²) in [6, 6.07) is 0.199. The highest BCUT2D eigenvalue weighted by atomic mass is 16.3. The molecule has 0 aromatic rings. The van der Waals surface area contributed by atoms with Crippen LogP contribution in [-0.2, 0) is 0 Å². The van der Waals surface area contributed by atoms with E-state index in [4.69, 9.17) is 0 Å². The predicted molar refractivity (Wildman–Crippen MR) is 138 cm³/mol. The molecule has 0 aliphatic heterocycles. The summed E-state index contributed by atoms with van der Waals surface area (Å²) in [6.07, 6.45) is 25.2. The molecule has 3 N–H and O–H groups in total. The van der Waals surface area contributed by atoms with Gasteiger partial charge < -0.3 is 15.5 Å². The number of hydrogen-bond donors (Lipinski definition) is 3. The Hall–Kier alpha value is -0.120. The fourth-order valence-electron chi connectivity index (χ4n) is 4.55. The van der Waals surface area contributed by atoms with E-state index in [2.05, 4.69) is 19.2 Å². The van der Waals surface area contributed by atoms with Gasteiger partial charge in [0, 0.05) is 12.1 Å². The minimum atomic E-state index is -0.363. The molecule has 0 amide bonds. The number of nitrogens with one attached hydrogen (secondary N) is 1. The molecule has 31 heavy (non-hydrogen) atoms. The van der Waals surface area contributed by atoms with E-state index < -0.39 is 0 Å². The maximum Gasteiger partial charge on any atom is 0.0665 e. The fourth-order valence-corrected chi connectivity index (χ4v) is 4.55. The van der Waals surface area contributed by atoms with E-state index in [9.17, 15) is 10.2 Å². The van der Waals surface area contributed by atoms with Crippen molar-refractivity contribution in [3.05, 3.63) is 0 Å². The predicted octanol–water partition coefficient (Wildman–Crippen LogP) is 7.92. The number of aliphatic hydroxyl groups excluding tert-OH is 2. The largest absolute Gasteiger partial charge is 0.392 e. The number of aliphatic hydroxyl groups is 2. The maximum atomic E-state index is 10.3. The number of rotatable bonds is 24. The standard InChI is InChI=1S/C28H59NO2/c1-5-7-9-11-13-15-17-19-21-23-27(25(3)30)29-28(26(4)31)24-22-20-18-16-14-12-10-8-6-2/h25-31H,5-24H2,1-4H3. The van der Waals surface area contributed by atoms with Gasteiger partial charge in [-0.1, -0.05) is 129 Å². The van der Waals surface area contributed by atoms with Crippen molar-refractivity contribution < 1.29 is 10.2 Å². The van der Waals surface area contributed by atoms with Gasteiger partial charge in [-0.3, -0.25) is 0 Å². The molecule has 0 bridgehead atoms. The highest BCUT2D eigenvalue weighted by Crippen LogP contribution is 2.16. The van der Waals surface area contributed by atoms with Crippen LogP contribution in [0.3, 0.4) is 0 Å². The van der Waals surface area contributed by atoms with Crippen molar-refractivity contribution in [2.45, 2.75) is 180 Å². The third-order valence-electron chi connectivity index (χ3n) is 6.83. The lowest BCUT2D eigenvalue weighted by molar-refractivity contribution is 0.0898. The van der Waals surface area contributed by atoms with Crippen molar-refractivity contribution in [1.82, 2.24) is 5.32 Å². The summed E-state index contributed by atoms with van der Waals surface area (Å²) in [5.41, 5.74) is 0. The topological polar surface area (TPSA) is 52.5 Å². The summed E-state index contributed by atoms with van der Waals surface area (Å²) >= 11 is 0. The zero-order chi connectivity index (χ0) is 23.2. The Kier molecular flexibility index (Phi) is 23.0. The smallest absolute Gasteiger partial charge is 0.0665 e. The first-order valence-corrected chi connectivity index (χ1v) is 14.1. The normalized spacial score (nSPS) is 15.7. The lowest BCUT2D eigenvalue weighted by Gasteiger charge is -2.29. The molecule has 3 heteroatoms. The first-order valence-electron chi connectivity index (χ1n) is 14.1. The molecule has 0 aromatic carbocycles. The van der Waals surface area contributed by atoms with E-state index in [1.165, 1.54) is 116 Å². The molecule has 188 valence electrons. The van der Waals surface area contributed by atoms with Crippen molar-refractivity contribution in [2.75, 3.05) is 0 Å². The van der Waals surface area contributed by atoms with Crippen LogP contribution in [0, 0.1) is 0 Å². The van der Waals surface area contributed by atoms with Gasteiger partial charge in [0.2, 0.25) is 0 Å². The molecular weight excluding hydrogens is 382 g/mol. The summed E-state index contributed by atoms with van der Waals surface area (Å²) in [4.78, 5) is 0. The van der Waals surface area contributed by atoms with Gasteiger partial charge >= 0.3 is 0 Å². The van der Waals surface area contributed by atoms with Crippen LogP contribution in [0.4, 0.5) is 0 Å². The molecule has 3 nitrogen and oxygen atoms in total. The van der Waals surface area contributed by atoms with E-state index >= 15 is 0 Å². The minimum absolute atomic E-state index is 0.0997. The molecule has 0 aliphatic carbocycles. The van der Waals surface area contributed by atoms with Gasteiger partial charge in [0.15, 0.2) is 0 Å². The summed E-state index contributed by atoms with van der Waals surface area (Å²) in [7, 11) is 0. The second kappa shape index (κ2) is 23.1. The van der Waals surface area contributed by atoms with Gasteiger partial charge in [-0.05, 0) is 26.7 Å². The second-order valence-corrected chi connectivity index (χ2v) is 10.1. The van der Waals surface area contributed by atoms with E-state index in [0.717, 1.165) is 12.8 Å². The first kappa shape index (κ1) is 30.9. The lowest BCUT2D eigenvalue weighted by atomic mass is 9.97. The Morgan fingerprint density at radius 1 is 0.452 bits per heavy atom. The highest BCUT2D eigenvalue weighted by molar-refractivity contribution is 4.81. The average molecular weight is 442 g/mol. The van der Waals surface area contributed by atoms with Crippen molar-refractivity contribution in [3.63, 3.8) is 0 Å². The molecular formula is C28H59NO2. The van der Waals surface area contributed by atoms with Crippen LogP contribution in [0.1, 0.15) is 156 Å². The van der Waals surface area contributed by atoms with Crippen molar-refractivity contribution in [1.29, 1.82) is 0 Å². The summed E-state index contributed by atoms with van der Waals surface area (Å²) in [6.45, 7) is 8.32. The van der Waals surface area contributed by atoms with E-state index in [1.54, 1.807) is 0 Å². The zero-order valence-electron chi connectivity index (χ0n) is 21.8. The SMILES string of the molecule is CCCCCCCCCCCC(NC(CCCCCCCCCCC)C(C)O)C(C)O. The number of hydrogen-bond acceptors (Lipinski definition) is 3. The molecule has 0 aromatic heterocycles. The van der Waals surface area contributed by atoms with Crippen LogP contribution in [0.5, 0.6) is 0 Å².